The quantitative estimate of drug-likeness (QED) is 0.747. The molecular weight excluding hydrogens is 282 g/mol. The SMILES string of the molecule is Fc1ccc(-c2nccc(Cl)n2)cc1Br. The van der Waals surface area contributed by atoms with Crippen molar-refractivity contribution in [3.63, 3.8) is 0 Å². The van der Waals surface area contributed by atoms with Crippen LogP contribution in [-0.2, 0) is 0 Å². The maximum absolute atomic E-state index is 13.0. The van der Waals surface area contributed by atoms with Crippen LogP contribution in [0, 0.1) is 5.82 Å². The fraction of sp³-hybridized carbons (Fsp3) is 0. The molecule has 0 atom stereocenters. The van der Waals surface area contributed by atoms with Crippen LogP contribution in [0.25, 0.3) is 11.4 Å². The molecule has 5 heteroatoms. The van der Waals surface area contributed by atoms with Gasteiger partial charge in [-0.1, -0.05) is 11.6 Å². The van der Waals surface area contributed by atoms with E-state index in [2.05, 4.69) is 25.9 Å². The largest absolute Gasteiger partial charge is 0.236 e. The average molecular weight is 288 g/mol. The van der Waals surface area contributed by atoms with Gasteiger partial charge in [-0.3, -0.25) is 0 Å². The van der Waals surface area contributed by atoms with Crippen LogP contribution in [0.15, 0.2) is 34.9 Å². The Morgan fingerprint density at radius 2 is 2.07 bits per heavy atom. The number of rotatable bonds is 1. The van der Waals surface area contributed by atoms with Gasteiger partial charge in [-0.05, 0) is 40.2 Å². The summed E-state index contributed by atoms with van der Waals surface area (Å²) in [5, 5.41) is 0.362. The number of halogens is 3. The van der Waals surface area contributed by atoms with Crippen molar-refractivity contribution in [2.75, 3.05) is 0 Å². The van der Waals surface area contributed by atoms with Gasteiger partial charge in [0.05, 0.1) is 4.47 Å². The van der Waals surface area contributed by atoms with E-state index in [1.165, 1.54) is 6.07 Å². The molecule has 0 aliphatic heterocycles. The third-order valence-corrected chi connectivity index (χ3v) is 2.62. The summed E-state index contributed by atoms with van der Waals surface area (Å²) in [5.41, 5.74) is 0.714. The van der Waals surface area contributed by atoms with Gasteiger partial charge in [-0.2, -0.15) is 0 Å². The van der Waals surface area contributed by atoms with Crippen molar-refractivity contribution < 1.29 is 4.39 Å². The van der Waals surface area contributed by atoms with Crippen LogP contribution in [0.2, 0.25) is 5.15 Å². The number of nitrogens with zero attached hydrogens (tertiary/aromatic N) is 2. The maximum Gasteiger partial charge on any atom is 0.160 e. The van der Waals surface area contributed by atoms with Crippen LogP contribution in [0.1, 0.15) is 0 Å². The van der Waals surface area contributed by atoms with Gasteiger partial charge in [0.25, 0.3) is 0 Å². The first kappa shape index (κ1) is 10.5. The summed E-state index contributed by atoms with van der Waals surface area (Å²) in [5.74, 6) is 0.156. The Labute approximate surface area is 99.3 Å². The predicted molar refractivity (Wildman–Crippen MR) is 60.1 cm³/mol. The fourth-order valence-corrected chi connectivity index (χ4v) is 1.63. The minimum absolute atomic E-state index is 0.319. The van der Waals surface area contributed by atoms with E-state index in [1.54, 1.807) is 24.4 Å². The van der Waals surface area contributed by atoms with Crippen molar-refractivity contribution in [3.8, 4) is 11.4 Å². The molecule has 2 rings (SSSR count). The molecule has 0 N–H and O–H groups in total. The smallest absolute Gasteiger partial charge is 0.160 e. The highest BCUT2D eigenvalue weighted by Crippen LogP contribution is 2.23. The number of hydrogen-bond acceptors (Lipinski definition) is 2. The molecule has 2 nitrogen and oxygen atoms in total. The third-order valence-electron chi connectivity index (χ3n) is 1.80. The second-order valence-electron chi connectivity index (χ2n) is 2.83. The third kappa shape index (κ3) is 2.33. The normalized spacial score (nSPS) is 10.3. The van der Waals surface area contributed by atoms with Crippen LogP contribution >= 0.6 is 27.5 Å². The summed E-state index contributed by atoms with van der Waals surface area (Å²) in [6.45, 7) is 0. The van der Waals surface area contributed by atoms with E-state index in [1.807, 2.05) is 0 Å². The van der Waals surface area contributed by atoms with E-state index >= 15 is 0 Å². The van der Waals surface area contributed by atoms with E-state index in [-0.39, 0.29) is 5.82 Å². The van der Waals surface area contributed by atoms with Crippen molar-refractivity contribution >= 4 is 27.5 Å². The lowest BCUT2D eigenvalue weighted by molar-refractivity contribution is 0.621. The Morgan fingerprint density at radius 3 is 2.73 bits per heavy atom. The zero-order chi connectivity index (χ0) is 10.8. The van der Waals surface area contributed by atoms with Crippen LogP contribution in [0.3, 0.4) is 0 Å². The summed E-state index contributed by atoms with van der Waals surface area (Å²) in [6, 6.07) is 6.15. The molecule has 0 bridgehead atoms. The van der Waals surface area contributed by atoms with Gasteiger partial charge in [0.2, 0.25) is 0 Å². The molecule has 0 amide bonds. The van der Waals surface area contributed by atoms with Crippen molar-refractivity contribution in [3.05, 3.63) is 45.9 Å². The standard InChI is InChI=1S/C10H5BrClFN2/c11-7-5-6(1-2-8(7)13)10-14-4-3-9(12)15-10/h1-5H. The molecule has 2 aromatic rings. The first-order chi connectivity index (χ1) is 7.16. The van der Waals surface area contributed by atoms with E-state index < -0.39 is 0 Å². The molecule has 0 aliphatic rings. The molecule has 0 saturated carbocycles. The second-order valence-corrected chi connectivity index (χ2v) is 4.07. The zero-order valence-electron chi connectivity index (χ0n) is 7.42. The summed E-state index contributed by atoms with van der Waals surface area (Å²) < 4.78 is 13.4. The fourth-order valence-electron chi connectivity index (χ4n) is 1.11. The molecule has 1 aromatic heterocycles. The zero-order valence-corrected chi connectivity index (χ0v) is 9.76. The topological polar surface area (TPSA) is 25.8 Å². The van der Waals surface area contributed by atoms with E-state index in [0.29, 0.717) is 21.0 Å². The van der Waals surface area contributed by atoms with E-state index in [0.717, 1.165) is 0 Å². The summed E-state index contributed by atoms with van der Waals surface area (Å²) in [4.78, 5) is 8.07. The molecule has 0 fully saturated rings. The Kier molecular flexibility index (Phi) is 2.98. The summed E-state index contributed by atoms with van der Waals surface area (Å²) in [6.07, 6.45) is 1.56. The highest BCUT2D eigenvalue weighted by atomic mass is 79.9. The molecule has 0 aliphatic carbocycles. The van der Waals surface area contributed by atoms with Crippen molar-refractivity contribution in [2.24, 2.45) is 0 Å². The number of aromatic nitrogens is 2. The Bertz CT molecular complexity index is 505. The first-order valence-corrected chi connectivity index (χ1v) is 5.28. The van der Waals surface area contributed by atoms with Gasteiger partial charge in [0.1, 0.15) is 11.0 Å². The Morgan fingerprint density at radius 1 is 1.27 bits per heavy atom. The highest BCUT2D eigenvalue weighted by Gasteiger charge is 2.05. The summed E-state index contributed by atoms with van der Waals surface area (Å²) in [7, 11) is 0. The lowest BCUT2D eigenvalue weighted by Gasteiger charge is -2.01. The molecule has 1 aromatic carbocycles. The lowest BCUT2D eigenvalue weighted by Crippen LogP contribution is -1.89. The van der Waals surface area contributed by atoms with Gasteiger partial charge >= 0.3 is 0 Å². The van der Waals surface area contributed by atoms with Crippen LogP contribution in [-0.4, -0.2) is 9.97 Å². The van der Waals surface area contributed by atoms with Crippen molar-refractivity contribution in [1.82, 2.24) is 9.97 Å². The van der Waals surface area contributed by atoms with E-state index in [9.17, 15) is 4.39 Å². The number of hydrogen-bond donors (Lipinski definition) is 0. The molecule has 1 heterocycles. The first-order valence-electron chi connectivity index (χ1n) is 4.11. The number of benzene rings is 1. The monoisotopic (exact) mass is 286 g/mol. The molecule has 0 unspecified atom stereocenters. The molecule has 0 saturated heterocycles. The predicted octanol–water partition coefficient (Wildman–Crippen LogP) is 3.70. The lowest BCUT2D eigenvalue weighted by atomic mass is 10.2. The van der Waals surface area contributed by atoms with Gasteiger partial charge in [0.15, 0.2) is 5.82 Å². The van der Waals surface area contributed by atoms with Crippen LogP contribution < -0.4 is 0 Å². The van der Waals surface area contributed by atoms with E-state index in [4.69, 9.17) is 11.6 Å². The Balaban J connectivity index is 2.50. The molecule has 15 heavy (non-hydrogen) atoms. The van der Waals surface area contributed by atoms with Crippen molar-refractivity contribution in [1.29, 1.82) is 0 Å². The minimum atomic E-state index is -0.319. The van der Waals surface area contributed by atoms with Crippen LogP contribution in [0.4, 0.5) is 4.39 Å². The molecular formula is C10H5BrClFN2. The van der Waals surface area contributed by atoms with Gasteiger partial charge in [-0.15, -0.1) is 0 Å². The average Bonchev–Trinajstić information content (AvgIpc) is 2.22. The second kappa shape index (κ2) is 4.24. The van der Waals surface area contributed by atoms with Gasteiger partial charge in [-0.25, -0.2) is 14.4 Å². The highest BCUT2D eigenvalue weighted by molar-refractivity contribution is 9.10. The summed E-state index contributed by atoms with van der Waals surface area (Å²) >= 11 is 8.83. The van der Waals surface area contributed by atoms with Crippen molar-refractivity contribution in [2.45, 2.75) is 0 Å². The maximum atomic E-state index is 13.0. The molecule has 0 spiro atoms. The van der Waals surface area contributed by atoms with Gasteiger partial charge in [0, 0.05) is 11.8 Å². The van der Waals surface area contributed by atoms with Crippen LogP contribution in [0.5, 0.6) is 0 Å². The minimum Gasteiger partial charge on any atom is -0.236 e. The Hall–Kier alpha value is -1.00. The molecule has 76 valence electrons. The van der Waals surface area contributed by atoms with Gasteiger partial charge < -0.3 is 0 Å². The molecule has 0 radical (unpaired) electrons.